The van der Waals surface area contributed by atoms with E-state index >= 15 is 0 Å². The second-order valence-electron chi connectivity index (χ2n) is 6.48. The molecule has 0 saturated heterocycles. The van der Waals surface area contributed by atoms with Gasteiger partial charge in [-0.25, -0.2) is 9.07 Å². The average molecular weight is 392 g/mol. The average Bonchev–Trinajstić information content (AvgIpc) is 3.36. The lowest BCUT2D eigenvalue weighted by Crippen LogP contribution is -2.22. The summed E-state index contributed by atoms with van der Waals surface area (Å²) in [7, 11) is 0. The number of hydrogen-bond donors (Lipinski definition) is 1. The summed E-state index contributed by atoms with van der Waals surface area (Å²) in [4.78, 5) is 16.7. The van der Waals surface area contributed by atoms with Crippen LogP contribution >= 0.6 is 0 Å². The molecule has 29 heavy (non-hydrogen) atoms. The molecule has 0 aliphatic heterocycles. The number of rotatable bonds is 5. The van der Waals surface area contributed by atoms with E-state index in [-0.39, 0.29) is 18.1 Å². The molecule has 1 aromatic carbocycles. The quantitative estimate of drug-likeness (QED) is 0.561. The molecule has 0 saturated carbocycles. The van der Waals surface area contributed by atoms with E-state index in [0.29, 0.717) is 17.0 Å². The first kappa shape index (κ1) is 18.5. The van der Waals surface area contributed by atoms with Crippen LogP contribution in [0.15, 0.2) is 53.2 Å². The van der Waals surface area contributed by atoms with E-state index in [9.17, 15) is 9.18 Å². The number of aryl methyl sites for hydroxylation is 2. The highest BCUT2D eigenvalue weighted by atomic mass is 19.1. The molecule has 146 valence electrons. The summed E-state index contributed by atoms with van der Waals surface area (Å²) in [6, 6.07) is 11.4. The Balaban J connectivity index is 1.42. The molecule has 0 aliphatic carbocycles. The Morgan fingerprint density at radius 2 is 2.07 bits per heavy atom. The van der Waals surface area contributed by atoms with Crippen molar-refractivity contribution in [1.82, 2.24) is 30.5 Å². The first-order valence-electron chi connectivity index (χ1n) is 8.86. The van der Waals surface area contributed by atoms with Crippen LogP contribution in [0.4, 0.5) is 4.39 Å². The van der Waals surface area contributed by atoms with Crippen molar-refractivity contribution in [2.75, 3.05) is 0 Å². The van der Waals surface area contributed by atoms with Gasteiger partial charge in [-0.3, -0.25) is 9.78 Å². The van der Waals surface area contributed by atoms with Gasteiger partial charge in [0.1, 0.15) is 11.5 Å². The molecule has 1 N–H and O–H groups in total. The van der Waals surface area contributed by atoms with E-state index in [4.69, 9.17) is 4.52 Å². The lowest BCUT2D eigenvalue weighted by molar-refractivity contribution is 0.0942. The molecule has 0 radical (unpaired) electrons. The van der Waals surface area contributed by atoms with Crippen molar-refractivity contribution in [2.24, 2.45) is 0 Å². The van der Waals surface area contributed by atoms with Crippen molar-refractivity contribution in [1.29, 1.82) is 0 Å². The summed E-state index contributed by atoms with van der Waals surface area (Å²) < 4.78 is 20.1. The fraction of sp³-hybridized carbons (Fsp3) is 0.150. The minimum Gasteiger partial charge on any atom is -0.359 e. The molecule has 0 unspecified atom stereocenters. The van der Waals surface area contributed by atoms with E-state index in [1.807, 2.05) is 26.0 Å². The normalized spacial score (nSPS) is 10.9. The van der Waals surface area contributed by atoms with Crippen LogP contribution in [0.5, 0.6) is 0 Å². The molecule has 8 nitrogen and oxygen atoms in total. The summed E-state index contributed by atoms with van der Waals surface area (Å²) in [6.07, 6.45) is 1.53. The third-order valence-electron chi connectivity index (χ3n) is 4.27. The van der Waals surface area contributed by atoms with Crippen LogP contribution in [0, 0.1) is 19.7 Å². The molecule has 3 aromatic heterocycles. The molecule has 1 amide bonds. The molecule has 0 bridgehead atoms. The standard InChI is InChI=1S/C20H17FN6O2/c1-12-6-7-19(13(2)23-12)27-11-18(24-26-27)20(28)22-10-16-9-17(25-29-16)14-4-3-5-15(21)8-14/h3-9,11H,10H2,1-2H3,(H,22,28). The SMILES string of the molecule is Cc1ccc(-n2cc(C(=O)NCc3cc(-c4cccc(F)c4)no3)nn2)c(C)n1. The van der Waals surface area contributed by atoms with Gasteiger partial charge in [0, 0.05) is 17.3 Å². The van der Waals surface area contributed by atoms with Crippen molar-refractivity contribution in [3.63, 3.8) is 0 Å². The topological polar surface area (TPSA) is 98.7 Å². The number of aromatic nitrogens is 5. The minimum absolute atomic E-state index is 0.110. The second-order valence-corrected chi connectivity index (χ2v) is 6.48. The first-order valence-corrected chi connectivity index (χ1v) is 8.86. The van der Waals surface area contributed by atoms with Crippen molar-refractivity contribution in [3.8, 4) is 16.9 Å². The maximum absolute atomic E-state index is 13.3. The van der Waals surface area contributed by atoms with Crippen LogP contribution in [0.3, 0.4) is 0 Å². The second kappa shape index (κ2) is 7.63. The van der Waals surface area contributed by atoms with Gasteiger partial charge in [-0.05, 0) is 38.1 Å². The number of nitrogens with one attached hydrogen (secondary N) is 1. The largest absolute Gasteiger partial charge is 0.359 e. The molecule has 9 heteroatoms. The highest BCUT2D eigenvalue weighted by Gasteiger charge is 2.14. The Morgan fingerprint density at radius 1 is 1.21 bits per heavy atom. The van der Waals surface area contributed by atoms with E-state index in [2.05, 4.69) is 25.8 Å². The molecule has 4 aromatic rings. The third-order valence-corrected chi connectivity index (χ3v) is 4.27. The lowest BCUT2D eigenvalue weighted by atomic mass is 10.1. The summed E-state index contributed by atoms with van der Waals surface area (Å²) in [5.74, 6) is -0.330. The van der Waals surface area contributed by atoms with Gasteiger partial charge in [-0.15, -0.1) is 5.10 Å². The predicted molar refractivity (Wildman–Crippen MR) is 102 cm³/mol. The number of pyridine rings is 1. The predicted octanol–water partition coefficient (Wildman–Crippen LogP) is 3.00. The Bertz CT molecular complexity index is 1180. The van der Waals surface area contributed by atoms with Crippen LogP contribution in [-0.4, -0.2) is 31.0 Å². The molecular weight excluding hydrogens is 375 g/mol. The van der Waals surface area contributed by atoms with Crippen LogP contribution in [0.1, 0.15) is 27.6 Å². The number of benzene rings is 1. The van der Waals surface area contributed by atoms with E-state index in [0.717, 1.165) is 17.1 Å². The zero-order chi connectivity index (χ0) is 20.4. The van der Waals surface area contributed by atoms with Crippen molar-refractivity contribution in [2.45, 2.75) is 20.4 Å². The Labute approximate surface area is 165 Å². The number of carbonyl (C=O) groups is 1. The molecule has 0 atom stereocenters. The summed E-state index contributed by atoms with van der Waals surface area (Å²) in [5.41, 5.74) is 3.67. The van der Waals surface area contributed by atoms with Crippen LogP contribution in [0.2, 0.25) is 0 Å². The minimum atomic E-state index is -0.405. The zero-order valence-corrected chi connectivity index (χ0v) is 15.8. The molecule has 3 heterocycles. The summed E-state index contributed by atoms with van der Waals surface area (Å²) in [5, 5.41) is 14.5. The van der Waals surface area contributed by atoms with Gasteiger partial charge in [0.05, 0.1) is 24.1 Å². The van der Waals surface area contributed by atoms with Crippen LogP contribution < -0.4 is 5.32 Å². The van der Waals surface area contributed by atoms with Crippen LogP contribution in [-0.2, 0) is 6.54 Å². The summed E-state index contributed by atoms with van der Waals surface area (Å²) in [6.45, 7) is 3.88. The molecule has 0 spiro atoms. The van der Waals surface area contributed by atoms with Gasteiger partial charge in [-0.1, -0.05) is 22.5 Å². The monoisotopic (exact) mass is 392 g/mol. The Morgan fingerprint density at radius 3 is 2.86 bits per heavy atom. The molecule has 0 fully saturated rings. The van der Waals surface area contributed by atoms with E-state index in [1.165, 1.54) is 23.0 Å². The van der Waals surface area contributed by atoms with Gasteiger partial charge in [0.2, 0.25) is 0 Å². The molecular formula is C20H17FN6O2. The van der Waals surface area contributed by atoms with Gasteiger partial charge in [0.15, 0.2) is 11.5 Å². The smallest absolute Gasteiger partial charge is 0.273 e. The van der Waals surface area contributed by atoms with Crippen molar-refractivity contribution < 1.29 is 13.7 Å². The maximum Gasteiger partial charge on any atom is 0.273 e. The number of nitrogens with zero attached hydrogens (tertiary/aromatic N) is 5. The van der Waals surface area contributed by atoms with Gasteiger partial charge >= 0.3 is 0 Å². The van der Waals surface area contributed by atoms with Crippen molar-refractivity contribution in [3.05, 3.63) is 77.3 Å². The number of amides is 1. The van der Waals surface area contributed by atoms with Gasteiger partial charge < -0.3 is 9.84 Å². The Kier molecular flexibility index (Phi) is 4.86. The zero-order valence-electron chi connectivity index (χ0n) is 15.8. The maximum atomic E-state index is 13.3. The third kappa shape index (κ3) is 4.03. The lowest BCUT2D eigenvalue weighted by Gasteiger charge is -2.04. The number of halogens is 1. The number of hydrogen-bond acceptors (Lipinski definition) is 6. The van der Waals surface area contributed by atoms with Gasteiger partial charge in [-0.2, -0.15) is 0 Å². The van der Waals surface area contributed by atoms with Crippen molar-refractivity contribution >= 4 is 5.91 Å². The van der Waals surface area contributed by atoms with Crippen LogP contribution in [0.25, 0.3) is 16.9 Å². The first-order chi connectivity index (χ1) is 14.0. The van der Waals surface area contributed by atoms with E-state index < -0.39 is 5.91 Å². The number of carbonyl (C=O) groups excluding carboxylic acids is 1. The highest BCUT2D eigenvalue weighted by Crippen LogP contribution is 2.20. The Hall–Kier alpha value is -3.88. The fourth-order valence-electron chi connectivity index (χ4n) is 2.85. The summed E-state index contributed by atoms with van der Waals surface area (Å²) >= 11 is 0. The fourth-order valence-corrected chi connectivity index (χ4v) is 2.85. The highest BCUT2D eigenvalue weighted by molar-refractivity contribution is 5.91. The van der Waals surface area contributed by atoms with Gasteiger partial charge in [0.25, 0.3) is 5.91 Å². The molecule has 0 aliphatic rings. The van der Waals surface area contributed by atoms with E-state index in [1.54, 1.807) is 18.2 Å². The molecule has 4 rings (SSSR count).